The third kappa shape index (κ3) is 5.92. The fourth-order valence-electron chi connectivity index (χ4n) is 4.08. The summed E-state index contributed by atoms with van der Waals surface area (Å²) >= 11 is 0. The van der Waals surface area contributed by atoms with Crippen molar-refractivity contribution in [2.24, 2.45) is 0 Å². The molecular formula is C25H33N3O2. The summed E-state index contributed by atoms with van der Waals surface area (Å²) in [4.78, 5) is 29.8. The molecule has 1 fully saturated rings. The van der Waals surface area contributed by atoms with Crippen molar-refractivity contribution in [2.45, 2.75) is 33.1 Å². The summed E-state index contributed by atoms with van der Waals surface area (Å²) in [6.45, 7) is 10.3. The Hall–Kier alpha value is -2.66. The highest BCUT2D eigenvalue weighted by Crippen LogP contribution is 2.19. The van der Waals surface area contributed by atoms with Crippen LogP contribution >= 0.6 is 0 Å². The van der Waals surface area contributed by atoms with E-state index >= 15 is 0 Å². The summed E-state index contributed by atoms with van der Waals surface area (Å²) in [6.07, 6.45) is 0.359. The van der Waals surface area contributed by atoms with E-state index in [9.17, 15) is 9.59 Å². The minimum atomic E-state index is -0.00214. The van der Waals surface area contributed by atoms with Crippen LogP contribution in [-0.4, -0.2) is 60.9 Å². The van der Waals surface area contributed by atoms with Gasteiger partial charge in [0.2, 0.25) is 5.91 Å². The van der Waals surface area contributed by atoms with Gasteiger partial charge in [-0.2, -0.15) is 0 Å². The zero-order valence-electron chi connectivity index (χ0n) is 18.4. The standard InChI is InChI=1S/C25H33N3O2/c1-19-15-20(2)17-23(16-19)25(30)28(18-21(3)22-7-5-4-6-8-22)12-9-24(29)27-13-10-26-11-14-27/h4-8,15-17,21,26H,9-14,18H2,1-3H3. The minimum Gasteiger partial charge on any atom is -0.340 e. The lowest BCUT2D eigenvalue weighted by atomic mass is 9.99. The maximum absolute atomic E-state index is 13.4. The van der Waals surface area contributed by atoms with Gasteiger partial charge in [0, 0.05) is 51.3 Å². The van der Waals surface area contributed by atoms with Crippen molar-refractivity contribution in [3.63, 3.8) is 0 Å². The maximum atomic E-state index is 13.4. The molecule has 0 saturated carbocycles. The topological polar surface area (TPSA) is 52.7 Å². The second-order valence-corrected chi connectivity index (χ2v) is 8.32. The van der Waals surface area contributed by atoms with Crippen LogP contribution in [0.1, 0.15) is 46.3 Å². The molecule has 1 aliphatic heterocycles. The second-order valence-electron chi connectivity index (χ2n) is 8.32. The Bertz CT molecular complexity index is 840. The first-order valence-electron chi connectivity index (χ1n) is 10.8. The van der Waals surface area contributed by atoms with Gasteiger partial charge in [-0.1, -0.05) is 54.4 Å². The number of rotatable bonds is 7. The third-order valence-corrected chi connectivity index (χ3v) is 5.68. The first-order chi connectivity index (χ1) is 14.4. The first kappa shape index (κ1) is 22.0. The Balaban J connectivity index is 1.74. The lowest BCUT2D eigenvalue weighted by molar-refractivity contribution is -0.131. The molecule has 1 unspecified atom stereocenters. The predicted octanol–water partition coefficient (Wildman–Crippen LogP) is 3.37. The van der Waals surface area contributed by atoms with E-state index in [1.165, 1.54) is 5.56 Å². The highest BCUT2D eigenvalue weighted by atomic mass is 16.2. The largest absolute Gasteiger partial charge is 0.340 e. The maximum Gasteiger partial charge on any atom is 0.253 e. The Morgan fingerprint density at radius 1 is 1.03 bits per heavy atom. The van der Waals surface area contributed by atoms with Gasteiger partial charge in [0.15, 0.2) is 0 Å². The van der Waals surface area contributed by atoms with Crippen LogP contribution in [0.5, 0.6) is 0 Å². The Labute approximate surface area is 180 Å². The van der Waals surface area contributed by atoms with Crippen molar-refractivity contribution in [3.8, 4) is 0 Å². The number of carbonyl (C=O) groups is 2. The summed E-state index contributed by atoms with van der Waals surface area (Å²) in [7, 11) is 0. The van der Waals surface area contributed by atoms with Crippen LogP contribution in [0.25, 0.3) is 0 Å². The van der Waals surface area contributed by atoms with E-state index in [0.717, 1.165) is 37.3 Å². The van der Waals surface area contributed by atoms with Gasteiger partial charge in [0.05, 0.1) is 0 Å². The Morgan fingerprint density at radius 3 is 2.30 bits per heavy atom. The van der Waals surface area contributed by atoms with E-state index in [1.54, 1.807) is 0 Å². The molecule has 1 heterocycles. The number of piperazine rings is 1. The van der Waals surface area contributed by atoms with Gasteiger partial charge in [-0.3, -0.25) is 9.59 Å². The van der Waals surface area contributed by atoms with Crippen LogP contribution in [0.2, 0.25) is 0 Å². The van der Waals surface area contributed by atoms with Gasteiger partial charge in [0.1, 0.15) is 0 Å². The average molecular weight is 408 g/mol. The molecular weight excluding hydrogens is 374 g/mol. The first-order valence-corrected chi connectivity index (χ1v) is 10.8. The highest BCUT2D eigenvalue weighted by molar-refractivity contribution is 5.95. The van der Waals surface area contributed by atoms with E-state index in [0.29, 0.717) is 25.1 Å². The second kappa shape index (κ2) is 10.4. The van der Waals surface area contributed by atoms with E-state index in [-0.39, 0.29) is 17.7 Å². The van der Waals surface area contributed by atoms with Crippen molar-refractivity contribution < 1.29 is 9.59 Å². The molecule has 30 heavy (non-hydrogen) atoms. The van der Waals surface area contributed by atoms with Gasteiger partial charge in [-0.05, 0) is 37.5 Å². The van der Waals surface area contributed by atoms with Crippen LogP contribution in [0.15, 0.2) is 48.5 Å². The monoisotopic (exact) mass is 407 g/mol. The molecule has 0 aromatic heterocycles. The number of hydrogen-bond acceptors (Lipinski definition) is 3. The minimum absolute atomic E-state index is 0.00214. The molecule has 3 rings (SSSR count). The molecule has 0 bridgehead atoms. The molecule has 160 valence electrons. The lowest BCUT2D eigenvalue weighted by Crippen LogP contribution is -2.47. The number of aryl methyl sites for hydroxylation is 2. The molecule has 1 N–H and O–H groups in total. The molecule has 2 aromatic rings. The number of nitrogens with one attached hydrogen (secondary N) is 1. The molecule has 0 aliphatic carbocycles. The van der Waals surface area contributed by atoms with Crippen LogP contribution in [0, 0.1) is 13.8 Å². The molecule has 5 nitrogen and oxygen atoms in total. The predicted molar refractivity (Wildman–Crippen MR) is 121 cm³/mol. The zero-order chi connectivity index (χ0) is 21.5. The van der Waals surface area contributed by atoms with Gasteiger partial charge >= 0.3 is 0 Å². The van der Waals surface area contributed by atoms with Crippen molar-refractivity contribution >= 4 is 11.8 Å². The number of carbonyl (C=O) groups excluding carboxylic acids is 2. The van der Waals surface area contributed by atoms with Crippen molar-refractivity contribution in [2.75, 3.05) is 39.3 Å². The molecule has 1 saturated heterocycles. The molecule has 1 atom stereocenters. The molecule has 2 amide bonds. The summed E-state index contributed by atoms with van der Waals surface area (Å²) in [6, 6.07) is 16.2. The molecule has 5 heteroatoms. The smallest absolute Gasteiger partial charge is 0.253 e. The third-order valence-electron chi connectivity index (χ3n) is 5.68. The number of benzene rings is 2. The molecule has 0 spiro atoms. The molecule has 2 aromatic carbocycles. The summed E-state index contributed by atoms with van der Waals surface area (Å²) in [5.74, 6) is 0.315. The van der Waals surface area contributed by atoms with E-state index in [2.05, 4.69) is 30.4 Å². The van der Waals surface area contributed by atoms with E-state index < -0.39 is 0 Å². The van der Waals surface area contributed by atoms with Crippen molar-refractivity contribution in [1.29, 1.82) is 0 Å². The summed E-state index contributed by atoms with van der Waals surface area (Å²) in [5.41, 5.74) is 4.05. The van der Waals surface area contributed by atoms with Gasteiger partial charge in [-0.15, -0.1) is 0 Å². The normalized spacial score (nSPS) is 15.0. The van der Waals surface area contributed by atoms with Crippen molar-refractivity contribution in [3.05, 3.63) is 70.8 Å². The molecule has 1 aliphatic rings. The lowest BCUT2D eigenvalue weighted by Gasteiger charge is -2.30. The van der Waals surface area contributed by atoms with Crippen molar-refractivity contribution in [1.82, 2.24) is 15.1 Å². The van der Waals surface area contributed by atoms with E-state index in [4.69, 9.17) is 0 Å². The van der Waals surface area contributed by atoms with E-state index in [1.807, 2.05) is 54.0 Å². The van der Waals surface area contributed by atoms with Gasteiger partial charge in [0.25, 0.3) is 5.91 Å². The van der Waals surface area contributed by atoms with Gasteiger partial charge in [-0.25, -0.2) is 0 Å². The van der Waals surface area contributed by atoms with Gasteiger partial charge < -0.3 is 15.1 Å². The Morgan fingerprint density at radius 2 is 1.67 bits per heavy atom. The average Bonchev–Trinajstić information content (AvgIpc) is 2.76. The Kier molecular flexibility index (Phi) is 7.63. The fraction of sp³-hybridized carbons (Fsp3) is 0.440. The highest BCUT2D eigenvalue weighted by Gasteiger charge is 2.22. The van der Waals surface area contributed by atoms with Crippen LogP contribution in [0.3, 0.4) is 0 Å². The SMILES string of the molecule is Cc1cc(C)cc(C(=O)N(CCC(=O)N2CCNCC2)CC(C)c2ccccc2)c1. The van der Waals surface area contributed by atoms with Crippen LogP contribution in [0.4, 0.5) is 0 Å². The quantitative estimate of drug-likeness (QED) is 0.766. The number of amides is 2. The summed E-state index contributed by atoms with van der Waals surface area (Å²) < 4.78 is 0. The fourth-order valence-corrected chi connectivity index (χ4v) is 4.08. The van der Waals surface area contributed by atoms with Crippen LogP contribution < -0.4 is 5.32 Å². The number of hydrogen-bond donors (Lipinski definition) is 1. The summed E-state index contributed by atoms with van der Waals surface area (Å²) in [5, 5.41) is 3.27. The molecule has 0 radical (unpaired) electrons. The zero-order valence-corrected chi connectivity index (χ0v) is 18.4. The number of nitrogens with zero attached hydrogens (tertiary/aromatic N) is 2. The van der Waals surface area contributed by atoms with Crippen LogP contribution in [-0.2, 0) is 4.79 Å².